The van der Waals surface area contributed by atoms with Crippen molar-refractivity contribution >= 4 is 5.78 Å². The van der Waals surface area contributed by atoms with Gasteiger partial charge in [-0.1, -0.05) is 27.7 Å². The number of aryl methyl sites for hydroxylation is 1. The quantitative estimate of drug-likeness (QED) is 0.778. The largest absolute Gasteiger partial charge is 0.252 e. The number of aromatic nitrogens is 4. The zero-order valence-electron chi connectivity index (χ0n) is 10.5. The fraction of sp³-hybridized carbons (Fsp3) is 0.583. The molecule has 0 radical (unpaired) electrons. The van der Waals surface area contributed by atoms with Crippen molar-refractivity contribution in [2.75, 3.05) is 0 Å². The average molecular weight is 218 g/mol. The maximum Gasteiger partial charge on any atom is 0.252 e. The van der Waals surface area contributed by atoms with Crippen LogP contribution < -0.4 is 0 Å². The molecule has 0 aliphatic carbocycles. The molecule has 0 saturated carbocycles. The van der Waals surface area contributed by atoms with Gasteiger partial charge in [0.2, 0.25) is 0 Å². The first-order chi connectivity index (χ1) is 7.49. The van der Waals surface area contributed by atoms with Crippen molar-refractivity contribution in [3.63, 3.8) is 0 Å². The summed E-state index contributed by atoms with van der Waals surface area (Å²) in [5.74, 6) is 2.33. The predicted molar refractivity (Wildman–Crippen MR) is 63.7 cm³/mol. The first kappa shape index (κ1) is 11.0. The molecule has 0 unspecified atom stereocenters. The minimum absolute atomic E-state index is 0.337. The van der Waals surface area contributed by atoms with Gasteiger partial charge in [-0.2, -0.15) is 4.98 Å². The van der Waals surface area contributed by atoms with Crippen LogP contribution in [0.3, 0.4) is 0 Å². The summed E-state index contributed by atoms with van der Waals surface area (Å²) in [6.45, 7) is 10.5. The highest BCUT2D eigenvalue weighted by Crippen LogP contribution is 2.16. The fourth-order valence-electron chi connectivity index (χ4n) is 1.59. The summed E-state index contributed by atoms with van der Waals surface area (Å²) < 4.78 is 1.82. The lowest BCUT2D eigenvalue weighted by Gasteiger charge is -2.05. The van der Waals surface area contributed by atoms with Crippen molar-refractivity contribution in [3.8, 4) is 0 Å². The Labute approximate surface area is 95.7 Å². The molecule has 16 heavy (non-hydrogen) atoms. The van der Waals surface area contributed by atoms with Crippen molar-refractivity contribution in [1.82, 2.24) is 19.6 Å². The molecule has 4 nitrogen and oxygen atoms in total. The SMILES string of the molecule is Cc1cc(C(C)C)nc2nc(C(C)C)nn12. The highest BCUT2D eigenvalue weighted by Gasteiger charge is 2.12. The maximum absolute atomic E-state index is 4.53. The molecule has 0 atom stereocenters. The van der Waals surface area contributed by atoms with E-state index in [2.05, 4.69) is 48.8 Å². The standard InChI is InChI=1S/C12H18N4/c1-7(2)10-6-9(5)16-12(13-10)14-11(15-16)8(3)4/h6-8H,1-5H3. The molecule has 2 rings (SSSR count). The van der Waals surface area contributed by atoms with Crippen molar-refractivity contribution in [2.24, 2.45) is 0 Å². The van der Waals surface area contributed by atoms with E-state index in [1.807, 2.05) is 11.4 Å². The summed E-state index contributed by atoms with van der Waals surface area (Å²) in [5, 5.41) is 4.46. The summed E-state index contributed by atoms with van der Waals surface area (Å²) in [5.41, 5.74) is 2.17. The Balaban J connectivity index is 2.63. The number of nitrogens with zero attached hydrogens (tertiary/aromatic N) is 4. The third-order valence-electron chi connectivity index (χ3n) is 2.63. The Morgan fingerprint density at radius 1 is 1.06 bits per heavy atom. The Hall–Kier alpha value is -1.45. The molecule has 0 aromatic carbocycles. The topological polar surface area (TPSA) is 43.1 Å². The third-order valence-corrected chi connectivity index (χ3v) is 2.63. The Bertz CT molecular complexity index is 511. The van der Waals surface area contributed by atoms with Gasteiger partial charge in [-0.05, 0) is 18.9 Å². The first-order valence-electron chi connectivity index (χ1n) is 5.73. The Kier molecular flexibility index (Phi) is 2.66. The molecule has 2 aromatic rings. The van der Waals surface area contributed by atoms with E-state index in [4.69, 9.17) is 0 Å². The second-order valence-corrected chi connectivity index (χ2v) is 4.81. The Morgan fingerprint density at radius 3 is 2.31 bits per heavy atom. The zero-order chi connectivity index (χ0) is 11.9. The van der Waals surface area contributed by atoms with Gasteiger partial charge in [-0.3, -0.25) is 0 Å². The third kappa shape index (κ3) is 1.79. The zero-order valence-corrected chi connectivity index (χ0v) is 10.5. The van der Waals surface area contributed by atoms with Gasteiger partial charge in [-0.25, -0.2) is 9.50 Å². The molecular weight excluding hydrogens is 200 g/mol. The average Bonchev–Trinajstić information content (AvgIpc) is 2.61. The van der Waals surface area contributed by atoms with Crippen molar-refractivity contribution < 1.29 is 0 Å². The predicted octanol–water partition coefficient (Wildman–Crippen LogP) is 2.68. The molecule has 4 heteroatoms. The molecule has 0 amide bonds. The number of fused-ring (bicyclic) bond motifs is 1. The van der Waals surface area contributed by atoms with E-state index in [-0.39, 0.29) is 0 Å². The molecule has 0 saturated heterocycles. The van der Waals surface area contributed by atoms with Gasteiger partial charge in [0.25, 0.3) is 5.78 Å². The molecule has 0 spiro atoms. The first-order valence-corrected chi connectivity index (χ1v) is 5.73. The van der Waals surface area contributed by atoms with Crippen LogP contribution >= 0.6 is 0 Å². The molecule has 0 N–H and O–H groups in total. The normalized spacial score (nSPS) is 11.9. The smallest absolute Gasteiger partial charge is 0.216 e. The summed E-state index contributed by atoms with van der Waals surface area (Å²) in [4.78, 5) is 8.98. The van der Waals surface area contributed by atoms with Crippen LogP contribution in [-0.4, -0.2) is 19.6 Å². The van der Waals surface area contributed by atoms with Gasteiger partial charge in [-0.15, -0.1) is 5.10 Å². The molecule has 0 fully saturated rings. The lowest BCUT2D eigenvalue weighted by molar-refractivity contribution is 0.753. The van der Waals surface area contributed by atoms with Crippen molar-refractivity contribution in [2.45, 2.75) is 46.5 Å². The lowest BCUT2D eigenvalue weighted by atomic mass is 10.1. The van der Waals surface area contributed by atoms with Crippen LogP contribution in [-0.2, 0) is 0 Å². The van der Waals surface area contributed by atoms with E-state index in [9.17, 15) is 0 Å². The van der Waals surface area contributed by atoms with Gasteiger partial charge >= 0.3 is 0 Å². The van der Waals surface area contributed by atoms with Crippen LogP contribution in [0.15, 0.2) is 6.07 Å². The van der Waals surface area contributed by atoms with Gasteiger partial charge in [0.15, 0.2) is 5.82 Å². The van der Waals surface area contributed by atoms with Crippen molar-refractivity contribution in [1.29, 1.82) is 0 Å². The van der Waals surface area contributed by atoms with E-state index in [0.29, 0.717) is 17.6 Å². The molecule has 86 valence electrons. The second kappa shape index (κ2) is 3.85. The maximum atomic E-state index is 4.53. The molecule has 0 aliphatic heterocycles. The van der Waals surface area contributed by atoms with Crippen LogP contribution in [0.4, 0.5) is 0 Å². The minimum Gasteiger partial charge on any atom is -0.216 e. The molecule has 0 aliphatic rings. The molecule has 2 aromatic heterocycles. The van der Waals surface area contributed by atoms with E-state index in [1.54, 1.807) is 0 Å². The van der Waals surface area contributed by atoms with Crippen LogP contribution in [0.1, 0.15) is 56.7 Å². The summed E-state index contributed by atoms with van der Waals surface area (Å²) in [7, 11) is 0. The lowest BCUT2D eigenvalue weighted by Crippen LogP contribution is -2.01. The molecular formula is C12H18N4. The summed E-state index contributed by atoms with van der Waals surface area (Å²) in [6.07, 6.45) is 0. The van der Waals surface area contributed by atoms with Crippen LogP contribution in [0.25, 0.3) is 5.78 Å². The van der Waals surface area contributed by atoms with E-state index >= 15 is 0 Å². The highest BCUT2D eigenvalue weighted by molar-refractivity contribution is 5.32. The summed E-state index contributed by atoms with van der Waals surface area (Å²) in [6, 6.07) is 2.08. The van der Waals surface area contributed by atoms with Crippen molar-refractivity contribution in [3.05, 3.63) is 23.3 Å². The van der Waals surface area contributed by atoms with Crippen LogP contribution in [0.2, 0.25) is 0 Å². The number of hydrogen-bond donors (Lipinski definition) is 0. The number of hydrogen-bond acceptors (Lipinski definition) is 3. The monoisotopic (exact) mass is 218 g/mol. The summed E-state index contributed by atoms with van der Waals surface area (Å²) >= 11 is 0. The van der Waals surface area contributed by atoms with Gasteiger partial charge in [0.05, 0.1) is 0 Å². The van der Waals surface area contributed by atoms with Crippen LogP contribution in [0, 0.1) is 6.92 Å². The molecule has 2 heterocycles. The highest BCUT2D eigenvalue weighted by atomic mass is 15.3. The molecule has 0 bridgehead atoms. The van der Waals surface area contributed by atoms with E-state index in [1.165, 1.54) is 0 Å². The van der Waals surface area contributed by atoms with Crippen LogP contribution in [0.5, 0.6) is 0 Å². The van der Waals surface area contributed by atoms with Gasteiger partial charge in [0, 0.05) is 17.3 Å². The second-order valence-electron chi connectivity index (χ2n) is 4.81. The van der Waals surface area contributed by atoms with E-state index < -0.39 is 0 Å². The number of rotatable bonds is 2. The fourth-order valence-corrected chi connectivity index (χ4v) is 1.59. The van der Waals surface area contributed by atoms with E-state index in [0.717, 1.165) is 17.2 Å². The van der Waals surface area contributed by atoms with Gasteiger partial charge < -0.3 is 0 Å². The minimum atomic E-state index is 0.337. The Morgan fingerprint density at radius 2 is 1.75 bits per heavy atom. The van der Waals surface area contributed by atoms with Gasteiger partial charge in [0.1, 0.15) is 0 Å².